The fourth-order valence-electron chi connectivity index (χ4n) is 4.40. The Morgan fingerprint density at radius 2 is 1.71 bits per heavy atom. The Balaban J connectivity index is 1.67. The van der Waals surface area contributed by atoms with E-state index in [1.807, 2.05) is 0 Å². The molecule has 2 aliphatic rings. The lowest BCUT2D eigenvalue weighted by molar-refractivity contribution is -0.151. The molecule has 1 aromatic carbocycles. The molecule has 0 radical (unpaired) electrons. The lowest BCUT2D eigenvalue weighted by Gasteiger charge is -2.30. The maximum atomic E-state index is 13.2. The largest absolute Gasteiger partial charge is 0.454 e. The maximum Gasteiger partial charge on any atom is 0.328 e. The second-order valence-corrected chi connectivity index (χ2v) is 10.3. The van der Waals surface area contributed by atoms with Crippen LogP contribution in [0.3, 0.4) is 0 Å². The lowest BCUT2D eigenvalue weighted by atomic mass is 9.86. The number of sulfone groups is 1. The normalized spacial score (nSPS) is 24.5. The summed E-state index contributed by atoms with van der Waals surface area (Å²) in [5.41, 5.74) is 0. The van der Waals surface area contributed by atoms with E-state index < -0.39 is 27.2 Å². The molecule has 154 valence electrons. The van der Waals surface area contributed by atoms with Crippen molar-refractivity contribution in [1.29, 1.82) is 0 Å². The van der Waals surface area contributed by atoms with Gasteiger partial charge in [0.05, 0.1) is 4.90 Å². The van der Waals surface area contributed by atoms with Gasteiger partial charge >= 0.3 is 5.97 Å². The molecule has 0 aliphatic heterocycles. The minimum Gasteiger partial charge on any atom is -0.454 e. The third-order valence-corrected chi connectivity index (χ3v) is 8.64. The Morgan fingerprint density at radius 3 is 2.36 bits per heavy atom. The van der Waals surface area contributed by atoms with Crippen LogP contribution in [0.2, 0.25) is 0 Å². The zero-order chi connectivity index (χ0) is 20.2. The summed E-state index contributed by atoms with van der Waals surface area (Å²) in [6.07, 6.45) is 5.99. The number of ether oxygens (including phenoxy) is 1. The predicted octanol–water partition coefficient (Wildman–Crippen LogP) is 3.01. The molecule has 2 saturated carbocycles. The summed E-state index contributed by atoms with van der Waals surface area (Å²) in [6, 6.07) is 8.10. The Kier molecular flexibility index (Phi) is 6.43. The zero-order valence-electron chi connectivity index (χ0n) is 16.4. The summed E-state index contributed by atoms with van der Waals surface area (Å²) in [6.45, 7) is 1.67. The van der Waals surface area contributed by atoms with Crippen LogP contribution in [0.5, 0.6) is 0 Å². The molecular formula is C21H29NO5S. The van der Waals surface area contributed by atoms with Crippen LogP contribution < -0.4 is 5.32 Å². The van der Waals surface area contributed by atoms with E-state index in [-0.39, 0.29) is 29.7 Å². The molecule has 2 atom stereocenters. The van der Waals surface area contributed by atoms with Crippen LogP contribution in [0.25, 0.3) is 0 Å². The highest BCUT2D eigenvalue weighted by atomic mass is 32.2. The smallest absolute Gasteiger partial charge is 0.328 e. The third kappa shape index (κ3) is 4.09. The first-order chi connectivity index (χ1) is 13.4. The third-order valence-electron chi connectivity index (χ3n) is 6.14. The minimum atomic E-state index is -3.89. The highest BCUT2D eigenvalue weighted by Gasteiger charge is 2.54. The van der Waals surface area contributed by atoms with Gasteiger partial charge in [-0.05, 0) is 43.7 Å². The number of benzene rings is 1. The quantitative estimate of drug-likeness (QED) is 0.732. The number of nitrogens with one attached hydrogen (secondary N) is 1. The van der Waals surface area contributed by atoms with Gasteiger partial charge in [-0.1, -0.05) is 50.8 Å². The monoisotopic (exact) mass is 407 g/mol. The molecule has 28 heavy (non-hydrogen) atoms. The van der Waals surface area contributed by atoms with Crippen molar-refractivity contribution in [3.63, 3.8) is 0 Å². The van der Waals surface area contributed by atoms with Gasteiger partial charge in [0.1, 0.15) is 0 Å². The van der Waals surface area contributed by atoms with E-state index in [4.69, 9.17) is 4.74 Å². The van der Waals surface area contributed by atoms with Gasteiger partial charge in [0.15, 0.2) is 21.2 Å². The molecule has 2 fully saturated rings. The van der Waals surface area contributed by atoms with Crippen LogP contribution in [-0.2, 0) is 24.2 Å². The van der Waals surface area contributed by atoms with Crippen LogP contribution in [0.15, 0.2) is 35.2 Å². The van der Waals surface area contributed by atoms with Crippen LogP contribution in [-0.4, -0.2) is 37.7 Å². The summed E-state index contributed by atoms with van der Waals surface area (Å²) in [5, 5.41) is 2.93. The molecule has 0 bridgehead atoms. The van der Waals surface area contributed by atoms with Crippen molar-refractivity contribution < 1.29 is 22.7 Å². The Hall–Kier alpha value is -1.89. The van der Waals surface area contributed by atoms with Crippen LogP contribution >= 0.6 is 0 Å². The molecular weight excluding hydrogens is 378 g/mol. The van der Waals surface area contributed by atoms with Gasteiger partial charge in [0.25, 0.3) is 5.91 Å². The highest BCUT2D eigenvalue weighted by Crippen LogP contribution is 2.41. The van der Waals surface area contributed by atoms with Crippen molar-refractivity contribution in [2.24, 2.45) is 5.92 Å². The van der Waals surface area contributed by atoms with Gasteiger partial charge in [-0.3, -0.25) is 9.59 Å². The molecule has 3 rings (SSSR count). The van der Waals surface area contributed by atoms with E-state index in [1.165, 1.54) is 18.6 Å². The minimum absolute atomic E-state index is 0.0912. The Bertz CT molecular complexity index is 799. The van der Waals surface area contributed by atoms with Gasteiger partial charge in [-0.2, -0.15) is 0 Å². The average molecular weight is 408 g/mol. The number of carbonyl (C=O) groups excluding carboxylic acids is 2. The number of esters is 1. The molecule has 1 N–H and O–H groups in total. The van der Waals surface area contributed by atoms with Gasteiger partial charge in [-0.15, -0.1) is 0 Å². The molecule has 1 aromatic rings. The van der Waals surface area contributed by atoms with Crippen molar-refractivity contribution in [3.8, 4) is 0 Å². The molecule has 2 aliphatic carbocycles. The molecule has 1 amide bonds. The molecule has 7 heteroatoms. The van der Waals surface area contributed by atoms with Crippen molar-refractivity contribution in [2.75, 3.05) is 6.61 Å². The molecule has 0 aromatic heterocycles. The Labute approximate surface area is 167 Å². The standard InChI is InChI=1S/C21H29NO5S/c1-16-9-5-6-12-18(16)22-19(23)15-27-20(24)21(13-7-8-14-21)28(25,26)17-10-3-2-4-11-17/h2-4,10-11,16,18H,5-9,12-15H2,1H3,(H,22,23). The summed E-state index contributed by atoms with van der Waals surface area (Å²) < 4.78 is 30.1. The van der Waals surface area contributed by atoms with E-state index in [0.29, 0.717) is 18.8 Å². The maximum absolute atomic E-state index is 13.2. The molecule has 2 unspecified atom stereocenters. The second kappa shape index (κ2) is 8.64. The van der Waals surface area contributed by atoms with Gasteiger partial charge in [0.2, 0.25) is 0 Å². The van der Waals surface area contributed by atoms with E-state index in [2.05, 4.69) is 12.2 Å². The van der Waals surface area contributed by atoms with Gasteiger partial charge < -0.3 is 10.1 Å². The van der Waals surface area contributed by atoms with Crippen molar-refractivity contribution in [3.05, 3.63) is 30.3 Å². The summed E-state index contributed by atoms with van der Waals surface area (Å²) in [4.78, 5) is 25.2. The summed E-state index contributed by atoms with van der Waals surface area (Å²) >= 11 is 0. The number of hydrogen-bond acceptors (Lipinski definition) is 5. The number of rotatable bonds is 6. The fraction of sp³-hybridized carbons (Fsp3) is 0.619. The molecule has 6 nitrogen and oxygen atoms in total. The van der Waals surface area contributed by atoms with Crippen LogP contribution in [0.1, 0.15) is 58.3 Å². The number of carbonyl (C=O) groups is 2. The molecule has 0 heterocycles. The van der Waals surface area contributed by atoms with Crippen molar-refractivity contribution in [1.82, 2.24) is 5.32 Å². The molecule has 0 saturated heterocycles. The van der Waals surface area contributed by atoms with Crippen LogP contribution in [0.4, 0.5) is 0 Å². The Morgan fingerprint density at radius 1 is 1.07 bits per heavy atom. The first-order valence-electron chi connectivity index (χ1n) is 10.1. The average Bonchev–Trinajstić information content (AvgIpc) is 3.20. The fourth-order valence-corrected chi connectivity index (χ4v) is 6.47. The van der Waals surface area contributed by atoms with Crippen molar-refractivity contribution >= 4 is 21.7 Å². The lowest BCUT2D eigenvalue weighted by Crippen LogP contribution is -2.47. The predicted molar refractivity (Wildman–Crippen MR) is 105 cm³/mol. The van der Waals surface area contributed by atoms with E-state index in [0.717, 1.165) is 19.3 Å². The summed E-state index contributed by atoms with van der Waals surface area (Å²) in [7, 11) is -3.89. The van der Waals surface area contributed by atoms with Crippen molar-refractivity contribution in [2.45, 2.75) is 74.0 Å². The van der Waals surface area contributed by atoms with E-state index in [9.17, 15) is 18.0 Å². The number of amides is 1. The second-order valence-electron chi connectivity index (χ2n) is 8.03. The zero-order valence-corrected chi connectivity index (χ0v) is 17.2. The topological polar surface area (TPSA) is 89.5 Å². The number of hydrogen-bond donors (Lipinski definition) is 1. The molecule has 0 spiro atoms. The van der Waals surface area contributed by atoms with Crippen LogP contribution in [0, 0.1) is 5.92 Å². The van der Waals surface area contributed by atoms with Gasteiger partial charge in [0, 0.05) is 6.04 Å². The van der Waals surface area contributed by atoms with Gasteiger partial charge in [-0.25, -0.2) is 8.42 Å². The van der Waals surface area contributed by atoms with E-state index in [1.54, 1.807) is 18.2 Å². The summed E-state index contributed by atoms with van der Waals surface area (Å²) in [5.74, 6) is -0.772. The SMILES string of the molecule is CC1CCCCC1NC(=O)COC(=O)C1(S(=O)(=O)c2ccccc2)CCCC1. The first kappa shape index (κ1) is 20.8. The first-order valence-corrected chi connectivity index (χ1v) is 11.6. The highest BCUT2D eigenvalue weighted by molar-refractivity contribution is 7.93. The van der Waals surface area contributed by atoms with E-state index >= 15 is 0 Å².